The number of aromatic hydroxyl groups is 1. The van der Waals surface area contributed by atoms with Gasteiger partial charge in [-0.2, -0.15) is 0 Å². The van der Waals surface area contributed by atoms with Crippen molar-refractivity contribution in [2.24, 2.45) is 0 Å². The number of ketones is 1. The fourth-order valence-electron chi connectivity index (χ4n) is 3.82. The minimum atomic E-state index is -0.268. The van der Waals surface area contributed by atoms with E-state index >= 15 is 0 Å². The second-order valence-corrected chi connectivity index (χ2v) is 7.71. The van der Waals surface area contributed by atoms with Crippen LogP contribution in [0.4, 0.5) is 11.6 Å². The third-order valence-corrected chi connectivity index (χ3v) is 5.49. The first kappa shape index (κ1) is 21.3. The van der Waals surface area contributed by atoms with Gasteiger partial charge in [-0.05, 0) is 48.4 Å². The summed E-state index contributed by atoms with van der Waals surface area (Å²) in [7, 11) is 0. The molecule has 1 fully saturated rings. The van der Waals surface area contributed by atoms with Crippen LogP contribution in [0.5, 0.6) is 5.75 Å². The van der Waals surface area contributed by atoms with Gasteiger partial charge in [0.1, 0.15) is 23.1 Å². The van der Waals surface area contributed by atoms with Gasteiger partial charge in [0.05, 0.1) is 12.0 Å². The van der Waals surface area contributed by atoms with Crippen molar-refractivity contribution in [1.29, 1.82) is 0 Å². The van der Waals surface area contributed by atoms with Crippen LogP contribution >= 0.6 is 0 Å². The van der Waals surface area contributed by atoms with Gasteiger partial charge in [0.25, 0.3) is 0 Å². The lowest BCUT2D eigenvalue weighted by atomic mass is 10.1. The topological polar surface area (TPSA) is 113 Å². The number of anilines is 2. The Bertz CT molecular complexity index is 1150. The predicted octanol–water partition coefficient (Wildman–Crippen LogP) is 3.01. The Morgan fingerprint density at radius 3 is 2.69 bits per heavy atom. The van der Waals surface area contributed by atoms with Gasteiger partial charge < -0.3 is 20.6 Å². The normalized spacial score (nSPS) is 14.1. The minimum Gasteiger partial charge on any atom is -0.508 e. The van der Waals surface area contributed by atoms with Crippen molar-refractivity contribution in [2.75, 3.05) is 36.8 Å². The van der Waals surface area contributed by atoms with E-state index in [1.807, 2.05) is 17.0 Å². The number of hydrogen-bond donors (Lipinski definition) is 2. The molecule has 3 N–H and O–H groups in total. The fourth-order valence-corrected chi connectivity index (χ4v) is 3.82. The molecule has 1 aliphatic heterocycles. The lowest BCUT2D eigenvalue weighted by Gasteiger charge is -2.23. The SMILES string of the molecule is Nc1ncccc1C(=O)c1cccc(N2CCCN(C(=O)Cc3cccc(O)c3)CC2)n1.[HH].[HH].[HH]. The molecular weight excluding hydrogens is 406 g/mol. The molecule has 0 atom stereocenters. The number of benzene rings is 1. The van der Waals surface area contributed by atoms with Crippen molar-refractivity contribution in [3.8, 4) is 5.75 Å². The molecule has 1 saturated heterocycles. The van der Waals surface area contributed by atoms with Crippen molar-refractivity contribution in [2.45, 2.75) is 12.8 Å². The number of rotatable bonds is 5. The number of aromatic nitrogens is 2. The largest absolute Gasteiger partial charge is 0.508 e. The molecule has 1 aromatic carbocycles. The Hall–Kier alpha value is -3.94. The van der Waals surface area contributed by atoms with E-state index in [9.17, 15) is 14.7 Å². The quantitative estimate of drug-likeness (QED) is 0.590. The van der Waals surface area contributed by atoms with Crippen molar-refractivity contribution in [1.82, 2.24) is 14.9 Å². The summed E-state index contributed by atoms with van der Waals surface area (Å²) < 4.78 is 0. The van der Waals surface area contributed by atoms with Crippen LogP contribution in [-0.2, 0) is 11.2 Å². The summed E-state index contributed by atoms with van der Waals surface area (Å²) in [5.41, 5.74) is 7.28. The molecule has 0 saturated carbocycles. The van der Waals surface area contributed by atoms with Crippen molar-refractivity contribution in [3.05, 3.63) is 77.6 Å². The molecule has 1 amide bonds. The third-order valence-electron chi connectivity index (χ3n) is 5.49. The minimum absolute atomic E-state index is 0. The number of nitrogens with zero attached hydrogens (tertiary/aromatic N) is 4. The number of carbonyl (C=O) groups excluding carboxylic acids is 2. The molecule has 4 rings (SSSR count). The Morgan fingerprint density at radius 2 is 1.88 bits per heavy atom. The van der Waals surface area contributed by atoms with Crippen LogP contribution in [0.3, 0.4) is 0 Å². The molecule has 0 bridgehead atoms. The van der Waals surface area contributed by atoms with Gasteiger partial charge in [-0.15, -0.1) is 0 Å². The van der Waals surface area contributed by atoms with Gasteiger partial charge in [-0.3, -0.25) is 9.59 Å². The van der Waals surface area contributed by atoms with E-state index in [4.69, 9.17) is 5.73 Å². The number of carbonyl (C=O) groups is 2. The van der Waals surface area contributed by atoms with Crippen molar-refractivity contribution >= 4 is 23.3 Å². The standard InChI is InChI=1S/C24H25N5O3.3H2/c25-24-19(7-3-10-26-24)23(32)20-8-2-9-21(27-20)28-11-4-12-29(14-13-28)22(31)16-17-5-1-6-18(30)15-17;;;/h1-3,5-10,15,30H,4,11-14,16H2,(H2,25,26);3*1H. The van der Waals surface area contributed by atoms with Gasteiger partial charge in [0, 0.05) is 36.7 Å². The zero-order valence-electron chi connectivity index (χ0n) is 17.6. The molecule has 8 heteroatoms. The zero-order chi connectivity index (χ0) is 22.5. The van der Waals surface area contributed by atoms with E-state index in [1.165, 1.54) is 0 Å². The number of phenolic OH excluding ortho intramolecular Hbond substituents is 1. The highest BCUT2D eigenvalue weighted by Crippen LogP contribution is 2.19. The average molecular weight is 438 g/mol. The predicted molar refractivity (Wildman–Crippen MR) is 128 cm³/mol. The van der Waals surface area contributed by atoms with Crippen LogP contribution in [0.15, 0.2) is 60.8 Å². The molecular formula is C24H31N5O3. The van der Waals surface area contributed by atoms with Crippen LogP contribution < -0.4 is 10.6 Å². The maximum atomic E-state index is 12.8. The Morgan fingerprint density at radius 1 is 1.03 bits per heavy atom. The molecule has 170 valence electrons. The number of hydrogen-bond acceptors (Lipinski definition) is 7. The second-order valence-electron chi connectivity index (χ2n) is 7.71. The first-order valence-corrected chi connectivity index (χ1v) is 10.5. The molecule has 0 spiro atoms. The molecule has 0 unspecified atom stereocenters. The summed E-state index contributed by atoms with van der Waals surface area (Å²) in [5, 5.41) is 9.62. The van der Waals surface area contributed by atoms with Gasteiger partial charge >= 0.3 is 0 Å². The number of nitrogens with two attached hydrogens (primary N) is 1. The summed E-state index contributed by atoms with van der Waals surface area (Å²) in [4.78, 5) is 38.1. The Balaban J connectivity index is 0.00000204. The third kappa shape index (κ3) is 4.85. The van der Waals surface area contributed by atoms with Crippen LogP contribution in [0.25, 0.3) is 0 Å². The first-order chi connectivity index (χ1) is 15.5. The van der Waals surface area contributed by atoms with Crippen LogP contribution in [0.2, 0.25) is 0 Å². The Kier molecular flexibility index (Phi) is 6.30. The van der Waals surface area contributed by atoms with E-state index in [1.54, 1.807) is 48.7 Å². The van der Waals surface area contributed by atoms with Gasteiger partial charge in [-0.1, -0.05) is 18.2 Å². The molecule has 3 heterocycles. The molecule has 32 heavy (non-hydrogen) atoms. The van der Waals surface area contributed by atoms with E-state index in [0.717, 1.165) is 18.5 Å². The van der Waals surface area contributed by atoms with Crippen molar-refractivity contribution in [3.63, 3.8) is 0 Å². The number of pyridine rings is 2. The molecule has 3 aromatic rings. The lowest BCUT2D eigenvalue weighted by Crippen LogP contribution is -2.36. The van der Waals surface area contributed by atoms with Gasteiger partial charge in [-0.25, -0.2) is 9.97 Å². The smallest absolute Gasteiger partial charge is 0.227 e. The zero-order valence-corrected chi connectivity index (χ0v) is 17.6. The summed E-state index contributed by atoms with van der Waals surface area (Å²) in [6.07, 6.45) is 2.59. The van der Waals surface area contributed by atoms with Crippen molar-refractivity contribution < 1.29 is 19.0 Å². The van der Waals surface area contributed by atoms with E-state index in [0.29, 0.717) is 36.7 Å². The van der Waals surface area contributed by atoms with Gasteiger partial charge in [0.15, 0.2) is 0 Å². The molecule has 2 aromatic heterocycles. The fraction of sp³-hybridized carbons (Fsp3) is 0.250. The molecule has 0 aliphatic carbocycles. The van der Waals surface area contributed by atoms with Crippen LogP contribution in [0.1, 0.15) is 32.3 Å². The van der Waals surface area contributed by atoms with E-state index < -0.39 is 0 Å². The lowest BCUT2D eigenvalue weighted by molar-refractivity contribution is -0.130. The maximum absolute atomic E-state index is 12.8. The number of phenols is 1. The summed E-state index contributed by atoms with van der Waals surface area (Å²) >= 11 is 0. The number of amides is 1. The van der Waals surface area contributed by atoms with Crippen LogP contribution in [-0.4, -0.2) is 57.8 Å². The highest BCUT2D eigenvalue weighted by Gasteiger charge is 2.21. The van der Waals surface area contributed by atoms with Gasteiger partial charge in [0.2, 0.25) is 11.7 Å². The summed E-state index contributed by atoms with van der Waals surface area (Å²) in [5.74, 6) is 0.795. The monoisotopic (exact) mass is 437 g/mol. The van der Waals surface area contributed by atoms with Crippen LogP contribution in [0, 0.1) is 0 Å². The molecule has 8 nitrogen and oxygen atoms in total. The molecule has 0 radical (unpaired) electrons. The average Bonchev–Trinajstić information content (AvgIpc) is 3.06. The highest BCUT2D eigenvalue weighted by molar-refractivity contribution is 6.10. The Labute approximate surface area is 190 Å². The van der Waals surface area contributed by atoms with E-state index in [2.05, 4.69) is 14.9 Å². The highest BCUT2D eigenvalue weighted by atomic mass is 16.3. The first-order valence-electron chi connectivity index (χ1n) is 10.5. The maximum Gasteiger partial charge on any atom is 0.227 e. The molecule has 1 aliphatic rings. The second kappa shape index (κ2) is 9.47. The summed E-state index contributed by atoms with van der Waals surface area (Å²) in [6, 6.07) is 15.4. The summed E-state index contributed by atoms with van der Waals surface area (Å²) in [6.45, 7) is 2.56. The van der Waals surface area contributed by atoms with E-state index in [-0.39, 0.29) is 34.0 Å². The number of nitrogen functional groups attached to an aromatic ring is 1.